The third-order valence-corrected chi connectivity index (χ3v) is 8.85. The maximum atomic E-state index is 11.8. The van der Waals surface area contributed by atoms with Crippen LogP contribution in [-0.4, -0.2) is 22.2 Å². The number of allylic oxidation sites excluding steroid dienone is 5. The molecule has 3 aromatic rings. The molecule has 5 nitrogen and oxygen atoms in total. The van der Waals surface area contributed by atoms with Gasteiger partial charge in [0.25, 0.3) is 0 Å². The van der Waals surface area contributed by atoms with Gasteiger partial charge >= 0.3 is 5.97 Å². The summed E-state index contributed by atoms with van der Waals surface area (Å²) in [5.74, 6) is -0.404. The summed E-state index contributed by atoms with van der Waals surface area (Å²) in [4.78, 5) is 11.8. The summed E-state index contributed by atoms with van der Waals surface area (Å²) >= 11 is 0. The van der Waals surface area contributed by atoms with E-state index in [9.17, 15) is 9.90 Å². The number of carboxylic acid groups (broad SMARTS) is 1. The summed E-state index contributed by atoms with van der Waals surface area (Å²) in [5.41, 5.74) is 18.6. The Morgan fingerprint density at radius 1 is 1.12 bits per heavy atom. The van der Waals surface area contributed by atoms with E-state index in [2.05, 4.69) is 61.2 Å². The van der Waals surface area contributed by atoms with Crippen LogP contribution in [0.1, 0.15) is 99.2 Å². The molecule has 0 radical (unpaired) electrons. The number of nitrogens with zero attached hydrogens (tertiary/aromatic N) is 1. The largest absolute Gasteiger partial charge is 0.478 e. The summed E-state index contributed by atoms with van der Waals surface area (Å²) in [7, 11) is 0. The number of aromatic carboxylic acids is 1. The normalized spacial score (nSPS) is 15.5. The van der Waals surface area contributed by atoms with Crippen LogP contribution in [0.5, 0.6) is 0 Å². The predicted octanol–water partition coefficient (Wildman–Crippen LogP) is 9.58. The highest BCUT2D eigenvalue weighted by atomic mass is 16.4. The van der Waals surface area contributed by atoms with E-state index in [0.29, 0.717) is 11.5 Å². The van der Waals surface area contributed by atoms with Gasteiger partial charge in [0, 0.05) is 40.8 Å². The van der Waals surface area contributed by atoms with Crippen molar-refractivity contribution >= 4 is 28.6 Å². The highest BCUT2D eigenvalue weighted by molar-refractivity contribution is 6.00. The molecule has 2 aliphatic rings. The first-order chi connectivity index (χ1) is 20.0. The van der Waals surface area contributed by atoms with E-state index in [0.717, 1.165) is 53.1 Å². The van der Waals surface area contributed by atoms with Crippen LogP contribution in [0.25, 0.3) is 28.2 Å². The van der Waals surface area contributed by atoms with Gasteiger partial charge in [0.05, 0.1) is 16.9 Å². The standard InChI is InChI=1S/C32H37N3O2.C5H10/c1-19(21(3)22(4)33)10-13-25-20(2)11-14-27-30(25)34-16-17-35-28-18-24(32(36)37)12-15-26(28)29(31(27)35)23-8-6-5-7-9-23;1-4-5(2)3/h10-15,18,23,34H,1,5-9,16-17,33H2,2-4H3,(H,36,37);2,4H2,1,3H3/b13-10-,22-21+;. The zero-order chi connectivity index (χ0) is 30.6. The van der Waals surface area contributed by atoms with Crippen molar-refractivity contribution in [3.63, 3.8) is 0 Å². The third kappa shape index (κ3) is 6.41. The summed E-state index contributed by atoms with van der Waals surface area (Å²) < 4.78 is 2.36. The quantitative estimate of drug-likeness (QED) is 0.205. The Labute approximate surface area is 251 Å². The average molecular weight is 566 g/mol. The predicted molar refractivity (Wildman–Crippen MR) is 179 cm³/mol. The van der Waals surface area contributed by atoms with Crippen molar-refractivity contribution in [3.8, 4) is 11.3 Å². The van der Waals surface area contributed by atoms with Crippen LogP contribution in [0.2, 0.25) is 0 Å². The second-order valence-corrected chi connectivity index (χ2v) is 11.9. The SMILES string of the molecule is C=C(/C=C\c1c(C)ccc2c1NCCn1c-2c(C2CCCCC2)c2ccc(C(=O)O)cc21)/C(C)=C(\C)N.C=C(C)CC. The number of nitrogens with two attached hydrogens (primary N) is 1. The van der Waals surface area contributed by atoms with Gasteiger partial charge < -0.3 is 20.7 Å². The fourth-order valence-corrected chi connectivity index (χ4v) is 6.02. The fourth-order valence-electron chi connectivity index (χ4n) is 6.02. The van der Waals surface area contributed by atoms with Crippen molar-refractivity contribution in [1.82, 2.24) is 4.57 Å². The monoisotopic (exact) mass is 565 g/mol. The Kier molecular flexibility index (Phi) is 9.82. The number of nitrogens with one attached hydrogen (secondary N) is 1. The number of hydrogen-bond acceptors (Lipinski definition) is 3. The van der Waals surface area contributed by atoms with Gasteiger partial charge in [-0.3, -0.25) is 0 Å². The van der Waals surface area contributed by atoms with Gasteiger partial charge in [-0.05, 0) is 87.3 Å². The molecule has 1 fully saturated rings. The maximum absolute atomic E-state index is 11.8. The lowest BCUT2D eigenvalue weighted by molar-refractivity contribution is 0.0697. The average Bonchev–Trinajstić information content (AvgIpc) is 3.17. The van der Waals surface area contributed by atoms with Crippen molar-refractivity contribution < 1.29 is 9.90 Å². The Morgan fingerprint density at radius 3 is 2.43 bits per heavy atom. The minimum atomic E-state index is -0.885. The first kappa shape index (κ1) is 31.0. The Morgan fingerprint density at radius 2 is 1.81 bits per heavy atom. The van der Waals surface area contributed by atoms with Crippen LogP contribution >= 0.6 is 0 Å². The number of rotatable bonds is 6. The van der Waals surface area contributed by atoms with Gasteiger partial charge in [-0.15, -0.1) is 6.58 Å². The van der Waals surface area contributed by atoms with E-state index in [-0.39, 0.29) is 0 Å². The summed E-state index contributed by atoms with van der Waals surface area (Å²) in [6.07, 6.45) is 11.4. The van der Waals surface area contributed by atoms with Crippen LogP contribution in [-0.2, 0) is 6.54 Å². The molecule has 1 aliphatic heterocycles. The second-order valence-electron chi connectivity index (χ2n) is 11.9. The smallest absolute Gasteiger partial charge is 0.335 e. The molecule has 0 bridgehead atoms. The molecule has 1 aliphatic carbocycles. The number of hydrogen-bond donors (Lipinski definition) is 3. The van der Waals surface area contributed by atoms with Crippen molar-refractivity contribution in [2.24, 2.45) is 5.73 Å². The molecule has 4 N–H and O–H groups in total. The molecular weight excluding hydrogens is 518 g/mol. The summed E-state index contributed by atoms with van der Waals surface area (Å²) in [6.45, 7) is 19.6. The fraction of sp³-hybridized carbons (Fsp3) is 0.378. The number of anilines is 1. The van der Waals surface area contributed by atoms with E-state index in [1.54, 1.807) is 6.07 Å². The molecule has 2 aromatic carbocycles. The van der Waals surface area contributed by atoms with Gasteiger partial charge in [-0.25, -0.2) is 4.79 Å². The Balaban J connectivity index is 0.000000748. The molecule has 42 heavy (non-hydrogen) atoms. The van der Waals surface area contributed by atoms with Crippen molar-refractivity contribution in [3.05, 3.63) is 94.2 Å². The van der Waals surface area contributed by atoms with Crippen molar-refractivity contribution in [2.75, 3.05) is 11.9 Å². The molecule has 0 unspecified atom stereocenters. The Hall–Kier alpha value is -3.99. The van der Waals surface area contributed by atoms with Gasteiger partial charge in [0.2, 0.25) is 0 Å². The highest BCUT2D eigenvalue weighted by Gasteiger charge is 2.29. The number of fused-ring (bicyclic) bond motifs is 5. The van der Waals surface area contributed by atoms with Crippen molar-refractivity contribution in [1.29, 1.82) is 0 Å². The third-order valence-electron chi connectivity index (χ3n) is 8.85. The minimum absolute atomic E-state index is 0.338. The van der Waals surface area contributed by atoms with E-state index in [1.807, 2.05) is 32.9 Å². The maximum Gasteiger partial charge on any atom is 0.335 e. The van der Waals surface area contributed by atoms with E-state index in [4.69, 9.17) is 5.73 Å². The molecule has 2 heterocycles. The molecule has 0 saturated heterocycles. The van der Waals surface area contributed by atoms with Crippen LogP contribution in [0, 0.1) is 6.92 Å². The number of benzene rings is 2. The lowest BCUT2D eigenvalue weighted by Gasteiger charge is -2.24. The lowest BCUT2D eigenvalue weighted by Crippen LogP contribution is -2.08. The van der Waals surface area contributed by atoms with Crippen LogP contribution in [0.3, 0.4) is 0 Å². The first-order valence-electron chi connectivity index (χ1n) is 15.3. The molecule has 5 heteroatoms. The van der Waals surface area contributed by atoms with E-state index >= 15 is 0 Å². The summed E-state index contributed by atoms with van der Waals surface area (Å²) in [5, 5.41) is 14.6. The molecule has 0 spiro atoms. The zero-order valence-corrected chi connectivity index (χ0v) is 26.1. The Bertz CT molecular complexity index is 1570. The van der Waals surface area contributed by atoms with Crippen LogP contribution in [0.15, 0.2) is 72.0 Å². The number of carboxylic acids is 1. The highest BCUT2D eigenvalue weighted by Crippen LogP contribution is 2.47. The number of carbonyl (C=O) groups is 1. The second kappa shape index (κ2) is 13.3. The van der Waals surface area contributed by atoms with Gasteiger partial charge in [0.15, 0.2) is 0 Å². The molecule has 1 aromatic heterocycles. The minimum Gasteiger partial charge on any atom is -0.478 e. The lowest BCUT2D eigenvalue weighted by atomic mass is 9.81. The number of aryl methyl sites for hydroxylation is 1. The topological polar surface area (TPSA) is 80.3 Å². The van der Waals surface area contributed by atoms with Gasteiger partial charge in [0.1, 0.15) is 0 Å². The van der Waals surface area contributed by atoms with Gasteiger partial charge in [-0.1, -0.05) is 68.7 Å². The van der Waals surface area contributed by atoms with Crippen LogP contribution in [0.4, 0.5) is 5.69 Å². The van der Waals surface area contributed by atoms with Crippen molar-refractivity contribution in [2.45, 2.75) is 85.6 Å². The molecule has 0 atom stereocenters. The van der Waals surface area contributed by atoms with Crippen LogP contribution < -0.4 is 11.1 Å². The molecular formula is C37H47N3O2. The number of aromatic nitrogens is 1. The summed E-state index contributed by atoms with van der Waals surface area (Å²) in [6, 6.07) is 10.1. The zero-order valence-electron chi connectivity index (χ0n) is 26.1. The molecule has 1 saturated carbocycles. The molecule has 0 amide bonds. The van der Waals surface area contributed by atoms with E-state index in [1.165, 1.54) is 65.4 Å². The van der Waals surface area contributed by atoms with Gasteiger partial charge in [-0.2, -0.15) is 0 Å². The molecule has 222 valence electrons. The first-order valence-corrected chi connectivity index (χ1v) is 15.3. The molecule has 5 rings (SSSR count). The van der Waals surface area contributed by atoms with E-state index < -0.39 is 5.97 Å².